The third-order valence-electron chi connectivity index (χ3n) is 5.22. The molecule has 1 amide bonds. The van der Waals surface area contributed by atoms with E-state index >= 15 is 0 Å². The van der Waals surface area contributed by atoms with Crippen LogP contribution in [-0.4, -0.2) is 26.0 Å². The smallest absolute Gasteiger partial charge is 0.246 e. The Hall–Kier alpha value is -3.39. The summed E-state index contributed by atoms with van der Waals surface area (Å²) in [6.45, 7) is 0.198. The minimum Gasteiger partial charge on any atom is -0.347 e. The number of hydrogen-bond acceptors (Lipinski definition) is 7. The Morgan fingerprint density at radius 2 is 1.93 bits per heavy atom. The first-order valence-corrected chi connectivity index (χ1v) is 10.6. The van der Waals surface area contributed by atoms with Gasteiger partial charge in [-0.05, 0) is 37.1 Å². The van der Waals surface area contributed by atoms with E-state index in [2.05, 4.69) is 38.7 Å². The average molecular weight is 417 g/mol. The van der Waals surface area contributed by atoms with Gasteiger partial charge in [-0.3, -0.25) is 9.78 Å². The minimum absolute atomic E-state index is 0.0210. The number of carbonyl (C=O) groups is 1. The molecule has 1 aromatic carbocycles. The number of nitrogens with zero attached hydrogens (tertiary/aromatic N) is 4. The van der Waals surface area contributed by atoms with E-state index in [0.29, 0.717) is 18.1 Å². The van der Waals surface area contributed by atoms with Gasteiger partial charge >= 0.3 is 0 Å². The Morgan fingerprint density at radius 1 is 1.10 bits per heavy atom. The largest absolute Gasteiger partial charge is 0.347 e. The van der Waals surface area contributed by atoms with Crippen LogP contribution in [-0.2, 0) is 11.3 Å². The number of amides is 1. The van der Waals surface area contributed by atoms with Crippen LogP contribution in [0.25, 0.3) is 21.6 Å². The molecule has 7 nitrogen and oxygen atoms in total. The van der Waals surface area contributed by atoms with E-state index < -0.39 is 0 Å². The molecule has 1 aliphatic rings. The fourth-order valence-electron chi connectivity index (χ4n) is 3.66. The number of fused-ring (bicyclic) bond motifs is 1. The van der Waals surface area contributed by atoms with Crippen LogP contribution < -0.4 is 5.32 Å². The van der Waals surface area contributed by atoms with Crippen molar-refractivity contribution < 1.29 is 9.32 Å². The van der Waals surface area contributed by atoms with Crippen molar-refractivity contribution in [1.29, 1.82) is 0 Å². The molecule has 5 rings (SSSR count). The third-order valence-corrected chi connectivity index (χ3v) is 6.39. The van der Waals surface area contributed by atoms with Gasteiger partial charge in [0.25, 0.3) is 0 Å². The quantitative estimate of drug-likeness (QED) is 0.491. The zero-order chi connectivity index (χ0) is 20.3. The number of thiazole rings is 1. The maximum atomic E-state index is 13.0. The molecule has 1 aliphatic carbocycles. The maximum absolute atomic E-state index is 13.0. The van der Waals surface area contributed by atoms with Gasteiger partial charge in [-0.25, -0.2) is 4.98 Å². The zero-order valence-electron chi connectivity index (χ0n) is 16.1. The molecule has 1 N–H and O–H groups in total. The van der Waals surface area contributed by atoms with Gasteiger partial charge in [0, 0.05) is 23.9 Å². The van der Waals surface area contributed by atoms with Gasteiger partial charge in [0.05, 0.1) is 27.7 Å². The number of carbonyl (C=O) groups excluding carboxylic acids is 1. The topological polar surface area (TPSA) is 93.8 Å². The van der Waals surface area contributed by atoms with Crippen LogP contribution in [0.2, 0.25) is 0 Å². The summed E-state index contributed by atoms with van der Waals surface area (Å²) in [4.78, 5) is 26.1. The van der Waals surface area contributed by atoms with Gasteiger partial charge in [-0.15, -0.1) is 11.3 Å². The highest BCUT2D eigenvalue weighted by Crippen LogP contribution is 2.38. The van der Waals surface area contributed by atoms with Gasteiger partial charge in [0.15, 0.2) is 0 Å². The number of rotatable bonds is 5. The third kappa shape index (κ3) is 3.73. The van der Waals surface area contributed by atoms with E-state index in [1.54, 1.807) is 23.7 Å². The Labute approximate surface area is 176 Å². The van der Waals surface area contributed by atoms with Crippen LogP contribution in [0.3, 0.4) is 0 Å². The highest BCUT2D eigenvalue weighted by atomic mass is 32.1. The summed E-state index contributed by atoms with van der Waals surface area (Å²) in [7, 11) is 0. The van der Waals surface area contributed by atoms with E-state index in [-0.39, 0.29) is 24.3 Å². The number of pyridine rings is 1. The molecule has 4 aromatic rings. The van der Waals surface area contributed by atoms with Crippen molar-refractivity contribution in [2.45, 2.75) is 25.3 Å². The highest BCUT2D eigenvalue weighted by Gasteiger charge is 2.32. The molecule has 0 saturated heterocycles. The van der Waals surface area contributed by atoms with Crippen molar-refractivity contribution in [3.05, 3.63) is 71.8 Å². The van der Waals surface area contributed by atoms with Crippen molar-refractivity contribution in [2.75, 3.05) is 0 Å². The molecular formula is C22H19N5O2S. The summed E-state index contributed by atoms with van der Waals surface area (Å²) in [6.07, 6.45) is 9.06. The molecule has 0 aliphatic heterocycles. The second kappa shape index (κ2) is 8.16. The second-order valence-corrected chi connectivity index (χ2v) is 8.20. The lowest BCUT2D eigenvalue weighted by molar-refractivity contribution is -0.126. The molecule has 3 aromatic heterocycles. The predicted molar refractivity (Wildman–Crippen MR) is 114 cm³/mol. The first-order valence-electron chi connectivity index (χ1n) is 9.79. The van der Waals surface area contributed by atoms with Crippen molar-refractivity contribution >= 4 is 27.5 Å². The summed E-state index contributed by atoms with van der Waals surface area (Å²) < 4.78 is 6.44. The van der Waals surface area contributed by atoms with E-state index in [1.807, 2.05) is 30.3 Å². The van der Waals surface area contributed by atoms with Crippen molar-refractivity contribution in [3.8, 4) is 11.4 Å². The molecule has 0 saturated carbocycles. The first kappa shape index (κ1) is 18.6. The van der Waals surface area contributed by atoms with Crippen molar-refractivity contribution in [3.63, 3.8) is 0 Å². The summed E-state index contributed by atoms with van der Waals surface area (Å²) >= 11 is 1.67. The number of hydrogen-bond donors (Lipinski definition) is 1. The van der Waals surface area contributed by atoms with Crippen molar-refractivity contribution in [2.24, 2.45) is 5.92 Å². The molecule has 0 bridgehead atoms. The molecule has 2 unspecified atom stereocenters. The van der Waals surface area contributed by atoms with Crippen LogP contribution >= 0.6 is 11.3 Å². The van der Waals surface area contributed by atoms with Crippen LogP contribution in [0.15, 0.2) is 65.5 Å². The lowest BCUT2D eigenvalue weighted by atomic mass is 9.82. The summed E-state index contributed by atoms with van der Waals surface area (Å²) in [5.41, 5.74) is 1.81. The van der Waals surface area contributed by atoms with E-state index in [0.717, 1.165) is 27.2 Å². The fraction of sp³-hybridized carbons (Fsp3) is 0.227. The van der Waals surface area contributed by atoms with Crippen LogP contribution in [0.5, 0.6) is 0 Å². The van der Waals surface area contributed by atoms with E-state index in [4.69, 9.17) is 9.51 Å². The molecule has 150 valence electrons. The molecule has 30 heavy (non-hydrogen) atoms. The van der Waals surface area contributed by atoms with Crippen LogP contribution in [0.1, 0.15) is 29.7 Å². The number of benzene rings is 1. The Morgan fingerprint density at radius 3 is 2.80 bits per heavy atom. The molecule has 3 heterocycles. The SMILES string of the molecule is O=C(NCc1nc(-c2ccncc2)no1)C1CC=CCC1c1nc2ccccc2s1. The summed E-state index contributed by atoms with van der Waals surface area (Å²) in [6, 6.07) is 11.7. The Bertz CT molecular complexity index is 1170. The summed E-state index contributed by atoms with van der Waals surface area (Å²) in [5.74, 6) is 0.737. The molecule has 0 radical (unpaired) electrons. The molecule has 2 atom stereocenters. The standard InChI is InChI=1S/C22H19N5O2S/c28-21(24-13-19-26-20(27-29-19)14-9-11-23-12-10-14)15-5-1-2-6-16(15)22-25-17-7-3-4-8-18(17)30-22/h1-4,7-12,15-16H,5-6,13H2,(H,24,28). The normalized spacial score (nSPS) is 18.5. The average Bonchev–Trinajstić information content (AvgIpc) is 3.45. The number of allylic oxidation sites excluding steroid dienone is 2. The highest BCUT2D eigenvalue weighted by molar-refractivity contribution is 7.18. The zero-order valence-corrected chi connectivity index (χ0v) is 16.9. The van der Waals surface area contributed by atoms with Gasteiger partial charge < -0.3 is 9.84 Å². The van der Waals surface area contributed by atoms with Crippen LogP contribution in [0, 0.1) is 5.92 Å². The lowest BCUT2D eigenvalue weighted by Gasteiger charge is -2.25. The number of aromatic nitrogens is 4. The Balaban J connectivity index is 1.29. The van der Waals surface area contributed by atoms with E-state index in [1.165, 1.54) is 0 Å². The second-order valence-electron chi connectivity index (χ2n) is 7.14. The summed E-state index contributed by atoms with van der Waals surface area (Å²) in [5, 5.41) is 7.95. The van der Waals surface area contributed by atoms with E-state index in [9.17, 15) is 4.79 Å². The molecule has 8 heteroatoms. The molecule has 0 fully saturated rings. The fourth-order valence-corrected chi connectivity index (χ4v) is 4.81. The Kier molecular flexibility index (Phi) is 5.06. The number of nitrogens with one attached hydrogen (secondary N) is 1. The first-order chi connectivity index (χ1) is 14.8. The monoisotopic (exact) mass is 417 g/mol. The minimum atomic E-state index is -0.168. The lowest BCUT2D eigenvalue weighted by Crippen LogP contribution is -2.34. The van der Waals surface area contributed by atoms with Gasteiger partial charge in [-0.2, -0.15) is 4.98 Å². The maximum Gasteiger partial charge on any atom is 0.246 e. The van der Waals surface area contributed by atoms with Gasteiger partial charge in [-0.1, -0.05) is 29.4 Å². The van der Waals surface area contributed by atoms with Crippen molar-refractivity contribution in [1.82, 2.24) is 25.4 Å². The van der Waals surface area contributed by atoms with Gasteiger partial charge in [0.1, 0.15) is 0 Å². The van der Waals surface area contributed by atoms with Crippen LogP contribution in [0.4, 0.5) is 0 Å². The molecular weight excluding hydrogens is 398 g/mol. The molecule has 0 spiro atoms. The van der Waals surface area contributed by atoms with Gasteiger partial charge in [0.2, 0.25) is 17.6 Å². The predicted octanol–water partition coefficient (Wildman–Crippen LogP) is 4.11. The number of para-hydroxylation sites is 1.